The second-order valence-electron chi connectivity index (χ2n) is 7.08. The molecule has 0 spiro atoms. The number of amides is 1. The number of nitrogens with one attached hydrogen (secondary N) is 2. The van der Waals surface area contributed by atoms with Crippen LogP contribution >= 0.6 is 22.7 Å². The number of fused-ring (bicyclic) bond motifs is 1. The van der Waals surface area contributed by atoms with Crippen molar-refractivity contribution in [1.29, 1.82) is 0 Å². The first-order valence-corrected chi connectivity index (χ1v) is 12.0. The number of H-pyrrole nitrogens is 1. The van der Waals surface area contributed by atoms with Gasteiger partial charge in [-0.05, 0) is 25.1 Å². The average Bonchev–Trinajstić information content (AvgIpc) is 3.54. The molecule has 6 nitrogen and oxygen atoms in total. The van der Waals surface area contributed by atoms with Crippen molar-refractivity contribution in [3.05, 3.63) is 71.2 Å². The molecule has 0 radical (unpaired) electrons. The predicted octanol–water partition coefficient (Wildman–Crippen LogP) is 5.99. The maximum atomic E-state index is 12.6. The summed E-state index contributed by atoms with van der Waals surface area (Å²) in [6, 6.07) is 15.9. The molecule has 0 bridgehead atoms. The van der Waals surface area contributed by atoms with Crippen LogP contribution < -0.4 is 10.1 Å². The molecule has 0 saturated heterocycles. The van der Waals surface area contributed by atoms with Crippen LogP contribution in [0.5, 0.6) is 5.75 Å². The van der Waals surface area contributed by atoms with E-state index in [9.17, 15) is 4.79 Å². The molecule has 5 aromatic rings. The molecule has 0 saturated carbocycles. The lowest BCUT2D eigenvalue weighted by Crippen LogP contribution is -2.14. The van der Waals surface area contributed by atoms with E-state index in [4.69, 9.17) is 4.74 Å². The van der Waals surface area contributed by atoms with Crippen molar-refractivity contribution in [1.82, 2.24) is 15.0 Å². The van der Waals surface area contributed by atoms with E-state index in [0.29, 0.717) is 11.7 Å². The Hall–Kier alpha value is -3.49. The molecular formula is C24H20N4O2S2. The van der Waals surface area contributed by atoms with E-state index in [1.807, 2.05) is 66.3 Å². The minimum absolute atomic E-state index is 0.139. The molecule has 3 heterocycles. The van der Waals surface area contributed by atoms with Crippen molar-refractivity contribution in [2.75, 3.05) is 11.9 Å². The van der Waals surface area contributed by atoms with Crippen LogP contribution in [0.3, 0.4) is 0 Å². The van der Waals surface area contributed by atoms with Crippen LogP contribution in [0.1, 0.15) is 12.6 Å². The highest BCUT2D eigenvalue weighted by molar-refractivity contribution is 7.14. The Morgan fingerprint density at radius 2 is 1.88 bits per heavy atom. The average molecular weight is 461 g/mol. The Labute approximate surface area is 192 Å². The Bertz CT molecular complexity index is 1390. The normalized spacial score (nSPS) is 11.0. The first-order valence-electron chi connectivity index (χ1n) is 10.2. The fourth-order valence-corrected chi connectivity index (χ4v) is 5.08. The number of thiazole rings is 2. The standard InChI is InChI=1S/C24H20N4O2S2/c1-2-30-21-10-6-4-8-17(21)23-26-15(13-31-23)11-22(29)28-24-27-20(14-32-24)18-12-25-19-9-5-3-7-16(18)19/h3-10,12-14,25H,2,11H2,1H3,(H,27,28,29). The summed E-state index contributed by atoms with van der Waals surface area (Å²) in [5.41, 5.74) is 4.59. The third-order valence-corrected chi connectivity index (χ3v) is 6.61. The highest BCUT2D eigenvalue weighted by Gasteiger charge is 2.15. The van der Waals surface area contributed by atoms with Gasteiger partial charge in [0.2, 0.25) is 5.91 Å². The van der Waals surface area contributed by atoms with Crippen molar-refractivity contribution in [2.24, 2.45) is 0 Å². The van der Waals surface area contributed by atoms with Crippen LogP contribution in [-0.2, 0) is 11.2 Å². The molecule has 0 unspecified atom stereocenters. The second kappa shape index (κ2) is 8.94. The Morgan fingerprint density at radius 3 is 2.78 bits per heavy atom. The highest BCUT2D eigenvalue weighted by atomic mass is 32.1. The van der Waals surface area contributed by atoms with Gasteiger partial charge in [0.1, 0.15) is 10.8 Å². The first kappa shape index (κ1) is 20.4. The van der Waals surface area contributed by atoms with Crippen LogP contribution in [0.2, 0.25) is 0 Å². The second-order valence-corrected chi connectivity index (χ2v) is 8.80. The van der Waals surface area contributed by atoms with Crippen molar-refractivity contribution in [2.45, 2.75) is 13.3 Å². The van der Waals surface area contributed by atoms with Crippen LogP contribution in [-0.4, -0.2) is 27.5 Å². The van der Waals surface area contributed by atoms with Gasteiger partial charge in [0, 0.05) is 33.4 Å². The highest BCUT2D eigenvalue weighted by Crippen LogP contribution is 2.33. The molecular weight excluding hydrogens is 440 g/mol. The maximum absolute atomic E-state index is 12.6. The zero-order chi connectivity index (χ0) is 21.9. The van der Waals surface area contributed by atoms with E-state index in [1.54, 1.807) is 0 Å². The van der Waals surface area contributed by atoms with Crippen molar-refractivity contribution < 1.29 is 9.53 Å². The van der Waals surface area contributed by atoms with Gasteiger partial charge in [0.05, 0.1) is 30.0 Å². The van der Waals surface area contributed by atoms with Gasteiger partial charge in [-0.3, -0.25) is 4.79 Å². The van der Waals surface area contributed by atoms with Crippen LogP contribution in [0, 0.1) is 0 Å². The number of carbonyl (C=O) groups is 1. The van der Waals surface area contributed by atoms with Crippen molar-refractivity contribution in [3.8, 4) is 27.6 Å². The SMILES string of the molecule is CCOc1ccccc1-c1nc(CC(=O)Nc2nc(-c3c[nH]c4ccccc34)cs2)cs1. The molecule has 160 valence electrons. The summed E-state index contributed by atoms with van der Waals surface area (Å²) in [7, 11) is 0. The van der Waals surface area contributed by atoms with E-state index < -0.39 is 0 Å². The molecule has 8 heteroatoms. The molecule has 1 amide bonds. The van der Waals surface area contributed by atoms with E-state index in [2.05, 4.69) is 26.3 Å². The van der Waals surface area contributed by atoms with E-state index in [1.165, 1.54) is 22.7 Å². The molecule has 0 aliphatic heterocycles. The first-order chi connectivity index (χ1) is 15.7. The number of hydrogen-bond acceptors (Lipinski definition) is 6. The summed E-state index contributed by atoms with van der Waals surface area (Å²) in [6.45, 7) is 2.54. The summed E-state index contributed by atoms with van der Waals surface area (Å²) >= 11 is 2.92. The number of rotatable bonds is 7. The van der Waals surface area contributed by atoms with Gasteiger partial charge in [-0.2, -0.15) is 0 Å². The predicted molar refractivity (Wildman–Crippen MR) is 130 cm³/mol. The summed E-state index contributed by atoms with van der Waals surface area (Å²) in [5.74, 6) is 0.660. The minimum atomic E-state index is -0.139. The Morgan fingerprint density at radius 1 is 1.03 bits per heavy atom. The van der Waals surface area contributed by atoms with Crippen molar-refractivity contribution >= 4 is 44.6 Å². The van der Waals surface area contributed by atoms with E-state index in [0.717, 1.165) is 44.2 Å². The summed E-state index contributed by atoms with van der Waals surface area (Å²) in [6.07, 6.45) is 2.14. The van der Waals surface area contributed by atoms with Gasteiger partial charge in [0.25, 0.3) is 0 Å². The number of benzene rings is 2. The van der Waals surface area contributed by atoms with Gasteiger partial charge in [-0.1, -0.05) is 30.3 Å². The largest absolute Gasteiger partial charge is 0.493 e. The zero-order valence-corrected chi connectivity index (χ0v) is 18.9. The molecule has 0 fully saturated rings. The van der Waals surface area contributed by atoms with Crippen LogP contribution in [0.15, 0.2) is 65.5 Å². The van der Waals surface area contributed by atoms with Gasteiger partial charge in [-0.15, -0.1) is 22.7 Å². The molecule has 0 atom stereocenters. The minimum Gasteiger partial charge on any atom is -0.493 e. The molecule has 2 aromatic carbocycles. The van der Waals surface area contributed by atoms with Gasteiger partial charge in [0.15, 0.2) is 5.13 Å². The van der Waals surface area contributed by atoms with Crippen molar-refractivity contribution in [3.63, 3.8) is 0 Å². The smallest absolute Gasteiger partial charge is 0.232 e. The maximum Gasteiger partial charge on any atom is 0.232 e. The molecule has 0 aliphatic carbocycles. The zero-order valence-electron chi connectivity index (χ0n) is 17.3. The number of carbonyl (C=O) groups excluding carboxylic acids is 1. The number of para-hydroxylation sites is 2. The van der Waals surface area contributed by atoms with Crippen LogP contribution in [0.25, 0.3) is 32.7 Å². The fourth-order valence-electron chi connectivity index (χ4n) is 3.50. The van der Waals surface area contributed by atoms with Gasteiger partial charge < -0.3 is 15.0 Å². The number of ether oxygens (including phenoxy) is 1. The quantitative estimate of drug-likeness (QED) is 0.312. The van der Waals surface area contributed by atoms with Crippen LogP contribution in [0.4, 0.5) is 5.13 Å². The Kier molecular flexibility index (Phi) is 5.70. The molecule has 2 N–H and O–H groups in total. The lowest BCUT2D eigenvalue weighted by atomic mass is 10.1. The Balaban J connectivity index is 1.27. The fraction of sp³-hybridized carbons (Fsp3) is 0.125. The molecule has 32 heavy (non-hydrogen) atoms. The number of aromatic amines is 1. The number of aromatic nitrogens is 3. The summed E-state index contributed by atoms with van der Waals surface area (Å²) in [5, 5.41) is 9.29. The third-order valence-electron chi connectivity index (χ3n) is 4.93. The number of nitrogens with zero attached hydrogens (tertiary/aromatic N) is 2. The molecule has 0 aliphatic rings. The molecule has 3 aromatic heterocycles. The summed E-state index contributed by atoms with van der Waals surface area (Å²) in [4.78, 5) is 25.1. The number of hydrogen-bond donors (Lipinski definition) is 2. The van der Waals surface area contributed by atoms with E-state index in [-0.39, 0.29) is 12.3 Å². The van der Waals surface area contributed by atoms with Gasteiger partial charge in [-0.25, -0.2) is 9.97 Å². The number of anilines is 1. The van der Waals surface area contributed by atoms with Gasteiger partial charge >= 0.3 is 0 Å². The third kappa shape index (κ3) is 4.15. The lowest BCUT2D eigenvalue weighted by molar-refractivity contribution is -0.115. The monoisotopic (exact) mass is 460 g/mol. The van der Waals surface area contributed by atoms with E-state index >= 15 is 0 Å². The molecule has 5 rings (SSSR count). The lowest BCUT2D eigenvalue weighted by Gasteiger charge is -2.07. The topological polar surface area (TPSA) is 79.9 Å². The summed E-state index contributed by atoms with van der Waals surface area (Å²) < 4.78 is 5.70.